The lowest BCUT2D eigenvalue weighted by atomic mass is 10.0. The van der Waals surface area contributed by atoms with E-state index in [0.717, 1.165) is 0 Å². The van der Waals surface area contributed by atoms with E-state index in [9.17, 15) is 14.4 Å². The zero-order valence-corrected chi connectivity index (χ0v) is 17.9. The molecule has 1 saturated heterocycles. The van der Waals surface area contributed by atoms with Crippen LogP contribution in [0.25, 0.3) is 0 Å². The fourth-order valence-corrected chi connectivity index (χ4v) is 4.10. The number of primary amides is 1. The summed E-state index contributed by atoms with van der Waals surface area (Å²) in [6.45, 7) is 0.661. The summed E-state index contributed by atoms with van der Waals surface area (Å²) in [5, 5.41) is 6.83. The van der Waals surface area contributed by atoms with Crippen molar-refractivity contribution in [3.05, 3.63) is 45.1 Å². The Kier molecular flexibility index (Phi) is 7.17. The predicted octanol–water partition coefficient (Wildman–Crippen LogP) is 2.31. The van der Waals surface area contributed by atoms with Gasteiger partial charge in [0.25, 0.3) is 17.7 Å². The molecule has 30 heavy (non-hydrogen) atoms. The van der Waals surface area contributed by atoms with E-state index in [0.29, 0.717) is 37.1 Å². The number of hydrogen-bond donors (Lipinski definition) is 2. The summed E-state index contributed by atoms with van der Waals surface area (Å²) in [6, 6.07) is 4.80. The molecule has 3 amide bonds. The van der Waals surface area contributed by atoms with Crippen LogP contribution in [0.5, 0.6) is 11.5 Å². The maximum Gasteiger partial charge on any atom is 0.255 e. The first-order valence-electron chi connectivity index (χ1n) is 9.30. The summed E-state index contributed by atoms with van der Waals surface area (Å²) >= 11 is 7.71. The van der Waals surface area contributed by atoms with E-state index in [-0.39, 0.29) is 41.0 Å². The fourth-order valence-electron chi connectivity index (χ4n) is 3.20. The van der Waals surface area contributed by atoms with Gasteiger partial charge in [-0.1, -0.05) is 11.6 Å². The molecule has 3 N–H and O–H groups in total. The van der Waals surface area contributed by atoms with Crippen molar-refractivity contribution < 1.29 is 23.9 Å². The van der Waals surface area contributed by atoms with E-state index in [1.165, 1.54) is 30.6 Å². The molecule has 2 heterocycles. The molecule has 3 rings (SSSR count). The molecule has 0 saturated carbocycles. The number of carbonyl (C=O) groups is 3. The SMILES string of the molecule is COc1cc(C(=O)N2CCC(NC(=O)c3ccsc3)CC2)cc(Cl)c1OCC(N)=O. The number of nitrogens with zero attached hydrogens (tertiary/aromatic N) is 1. The largest absolute Gasteiger partial charge is 0.493 e. The van der Waals surface area contributed by atoms with Crippen molar-refractivity contribution in [3.63, 3.8) is 0 Å². The molecule has 1 aliphatic heterocycles. The van der Waals surface area contributed by atoms with Gasteiger partial charge in [-0.3, -0.25) is 14.4 Å². The number of carbonyl (C=O) groups excluding carboxylic acids is 3. The quantitative estimate of drug-likeness (QED) is 0.671. The number of ether oxygens (including phenoxy) is 2. The van der Waals surface area contributed by atoms with Gasteiger partial charge in [0.1, 0.15) is 0 Å². The minimum atomic E-state index is -0.651. The highest BCUT2D eigenvalue weighted by molar-refractivity contribution is 7.08. The van der Waals surface area contributed by atoms with E-state index < -0.39 is 5.91 Å². The van der Waals surface area contributed by atoms with Gasteiger partial charge >= 0.3 is 0 Å². The van der Waals surface area contributed by atoms with Crippen molar-refractivity contribution in [3.8, 4) is 11.5 Å². The molecular formula is C20H22ClN3O5S. The van der Waals surface area contributed by atoms with Crippen LogP contribution in [0.4, 0.5) is 0 Å². The van der Waals surface area contributed by atoms with Crippen molar-refractivity contribution >= 4 is 40.7 Å². The summed E-state index contributed by atoms with van der Waals surface area (Å²) in [4.78, 5) is 37.8. The summed E-state index contributed by atoms with van der Waals surface area (Å²) < 4.78 is 10.5. The van der Waals surface area contributed by atoms with Crippen molar-refractivity contribution in [2.75, 3.05) is 26.8 Å². The van der Waals surface area contributed by atoms with Gasteiger partial charge < -0.3 is 25.4 Å². The number of methoxy groups -OCH3 is 1. The van der Waals surface area contributed by atoms with Crippen molar-refractivity contribution in [2.45, 2.75) is 18.9 Å². The second kappa shape index (κ2) is 9.82. The number of thiophene rings is 1. The van der Waals surface area contributed by atoms with E-state index in [1.807, 2.05) is 10.8 Å². The lowest BCUT2D eigenvalue weighted by molar-refractivity contribution is -0.119. The van der Waals surface area contributed by atoms with Crippen LogP contribution < -0.4 is 20.5 Å². The average molecular weight is 452 g/mol. The molecule has 1 aromatic carbocycles. The Morgan fingerprint density at radius 2 is 2.00 bits per heavy atom. The summed E-state index contributed by atoms with van der Waals surface area (Å²) in [6.07, 6.45) is 1.32. The fraction of sp³-hybridized carbons (Fsp3) is 0.350. The van der Waals surface area contributed by atoms with Crippen molar-refractivity contribution in [1.29, 1.82) is 0 Å². The van der Waals surface area contributed by atoms with Gasteiger partial charge in [0, 0.05) is 35.6 Å². The van der Waals surface area contributed by atoms with Gasteiger partial charge in [0.05, 0.1) is 12.1 Å². The van der Waals surface area contributed by atoms with Gasteiger partial charge in [0.2, 0.25) is 0 Å². The van der Waals surface area contributed by atoms with Gasteiger partial charge in [-0.05, 0) is 36.4 Å². The maximum atomic E-state index is 12.9. The second-order valence-corrected chi connectivity index (χ2v) is 7.98. The monoisotopic (exact) mass is 451 g/mol. The third kappa shape index (κ3) is 5.22. The standard InChI is InChI=1S/C20H22ClN3O5S/c1-28-16-9-13(8-15(21)18(16)29-10-17(22)25)20(27)24-5-2-14(3-6-24)23-19(26)12-4-7-30-11-12/h4,7-9,11,14H,2-3,5-6,10H2,1H3,(H2,22,25)(H,23,26). The lowest BCUT2D eigenvalue weighted by Gasteiger charge is -2.32. The Hall–Kier alpha value is -2.78. The number of rotatable bonds is 7. The molecule has 0 spiro atoms. The molecule has 10 heteroatoms. The van der Waals surface area contributed by atoms with Crippen LogP contribution in [0.3, 0.4) is 0 Å². The lowest BCUT2D eigenvalue weighted by Crippen LogP contribution is -2.46. The summed E-state index contributed by atoms with van der Waals surface area (Å²) in [7, 11) is 1.42. The maximum absolute atomic E-state index is 12.9. The molecule has 0 aliphatic carbocycles. The van der Waals surface area contributed by atoms with E-state index in [4.69, 9.17) is 26.8 Å². The van der Waals surface area contributed by atoms with Crippen LogP contribution in [0, 0.1) is 0 Å². The normalized spacial score (nSPS) is 14.3. The van der Waals surface area contributed by atoms with Gasteiger partial charge in [0.15, 0.2) is 18.1 Å². The first-order valence-corrected chi connectivity index (χ1v) is 10.6. The molecule has 0 radical (unpaired) electrons. The van der Waals surface area contributed by atoms with E-state index in [1.54, 1.807) is 11.0 Å². The number of benzene rings is 1. The van der Waals surface area contributed by atoms with Crippen LogP contribution in [-0.4, -0.2) is 55.5 Å². The number of nitrogens with two attached hydrogens (primary N) is 1. The molecule has 1 fully saturated rings. The number of nitrogens with one attached hydrogen (secondary N) is 1. The second-order valence-electron chi connectivity index (χ2n) is 6.80. The van der Waals surface area contributed by atoms with E-state index in [2.05, 4.69) is 5.32 Å². The number of amides is 3. The van der Waals surface area contributed by atoms with Crippen molar-refractivity contribution in [2.24, 2.45) is 5.73 Å². The Bertz CT molecular complexity index is 927. The Morgan fingerprint density at radius 3 is 2.60 bits per heavy atom. The number of hydrogen-bond acceptors (Lipinski definition) is 6. The minimum Gasteiger partial charge on any atom is -0.493 e. The number of piperidine rings is 1. The molecular weight excluding hydrogens is 430 g/mol. The van der Waals surface area contributed by atoms with Gasteiger partial charge in [-0.15, -0.1) is 0 Å². The average Bonchev–Trinajstić information content (AvgIpc) is 3.27. The molecule has 0 unspecified atom stereocenters. The van der Waals surface area contributed by atoms with Crippen molar-refractivity contribution in [1.82, 2.24) is 10.2 Å². The molecule has 2 aromatic rings. The Balaban J connectivity index is 1.62. The minimum absolute atomic E-state index is 0.0177. The summed E-state index contributed by atoms with van der Waals surface area (Å²) in [5.41, 5.74) is 6.09. The third-order valence-electron chi connectivity index (χ3n) is 4.74. The van der Waals surface area contributed by atoms with Crippen LogP contribution in [0.15, 0.2) is 29.0 Å². The number of likely N-dealkylation sites (tertiary alicyclic amines) is 1. The topological polar surface area (TPSA) is 111 Å². The Morgan fingerprint density at radius 1 is 1.27 bits per heavy atom. The van der Waals surface area contributed by atoms with Gasteiger partial charge in [-0.25, -0.2) is 0 Å². The first kappa shape index (κ1) is 21.9. The zero-order valence-electron chi connectivity index (χ0n) is 16.4. The van der Waals surface area contributed by atoms with Gasteiger partial charge in [-0.2, -0.15) is 11.3 Å². The van der Waals surface area contributed by atoms with Crippen LogP contribution in [-0.2, 0) is 4.79 Å². The highest BCUT2D eigenvalue weighted by atomic mass is 35.5. The molecule has 0 atom stereocenters. The predicted molar refractivity (Wildman–Crippen MR) is 113 cm³/mol. The number of halogens is 1. The highest BCUT2D eigenvalue weighted by Gasteiger charge is 2.26. The highest BCUT2D eigenvalue weighted by Crippen LogP contribution is 2.37. The molecule has 8 nitrogen and oxygen atoms in total. The van der Waals surface area contributed by atoms with Crippen LogP contribution in [0.2, 0.25) is 5.02 Å². The smallest absolute Gasteiger partial charge is 0.255 e. The zero-order chi connectivity index (χ0) is 21.7. The molecule has 1 aromatic heterocycles. The Labute approximate surface area is 182 Å². The van der Waals surface area contributed by atoms with E-state index >= 15 is 0 Å². The first-order chi connectivity index (χ1) is 14.4. The third-order valence-corrected chi connectivity index (χ3v) is 5.70. The molecule has 160 valence electrons. The summed E-state index contributed by atoms with van der Waals surface area (Å²) in [5.74, 6) is -0.542. The molecule has 0 bridgehead atoms. The molecule has 1 aliphatic rings. The van der Waals surface area contributed by atoms with Crippen LogP contribution >= 0.6 is 22.9 Å². The van der Waals surface area contributed by atoms with Crippen LogP contribution in [0.1, 0.15) is 33.6 Å².